The largest absolute Gasteiger partial charge is 0.444 e. The van der Waals surface area contributed by atoms with Gasteiger partial charge in [0.25, 0.3) is 0 Å². The first-order chi connectivity index (χ1) is 6.29. The van der Waals surface area contributed by atoms with Gasteiger partial charge in [0, 0.05) is 25.9 Å². The minimum atomic E-state index is -0.473. The molecule has 0 aromatic heterocycles. The molecule has 1 rings (SSSR count). The predicted octanol–water partition coefficient (Wildman–Crippen LogP) is 1.58. The molecule has 1 fully saturated rings. The van der Waals surface area contributed by atoms with E-state index < -0.39 is 5.60 Å². The fourth-order valence-corrected chi connectivity index (χ4v) is 1.22. The summed E-state index contributed by atoms with van der Waals surface area (Å²) in [4.78, 5) is 23.7. The van der Waals surface area contributed by atoms with Crippen molar-refractivity contribution < 1.29 is 14.3 Å². The van der Waals surface area contributed by atoms with E-state index in [0.29, 0.717) is 12.8 Å². The summed E-state index contributed by atoms with van der Waals surface area (Å²) >= 11 is 0. The number of nitrogens with zero attached hydrogens (tertiary/aromatic N) is 1. The molecule has 0 aromatic rings. The highest BCUT2D eigenvalue weighted by Gasteiger charge is 2.34. The normalized spacial score (nSPS) is 17.6. The number of rotatable bonds is 1. The average molecular weight is 199 g/mol. The lowest BCUT2D eigenvalue weighted by atomic mass is 9.90. The van der Waals surface area contributed by atoms with E-state index in [0.717, 1.165) is 0 Å². The summed E-state index contributed by atoms with van der Waals surface area (Å²) in [7, 11) is 1.67. The lowest BCUT2D eigenvalue weighted by Crippen LogP contribution is -2.47. The molecule has 1 amide bonds. The second-order valence-electron chi connectivity index (χ2n) is 4.69. The Labute approximate surface area is 84.2 Å². The van der Waals surface area contributed by atoms with Crippen LogP contribution in [0.1, 0.15) is 33.6 Å². The van der Waals surface area contributed by atoms with Crippen LogP contribution in [0.4, 0.5) is 4.79 Å². The predicted molar refractivity (Wildman–Crippen MR) is 52.0 cm³/mol. The number of ketones is 1. The molecule has 0 aliphatic heterocycles. The van der Waals surface area contributed by atoms with Crippen molar-refractivity contribution in [3.05, 3.63) is 0 Å². The topological polar surface area (TPSA) is 46.6 Å². The Balaban J connectivity index is 2.41. The quantitative estimate of drug-likeness (QED) is 0.644. The van der Waals surface area contributed by atoms with Crippen LogP contribution in [0.15, 0.2) is 0 Å². The molecule has 0 atom stereocenters. The maximum Gasteiger partial charge on any atom is 0.410 e. The van der Waals surface area contributed by atoms with Gasteiger partial charge in [-0.15, -0.1) is 0 Å². The molecule has 14 heavy (non-hydrogen) atoms. The molecule has 0 N–H and O–H groups in total. The fraction of sp³-hybridized carbons (Fsp3) is 0.800. The summed E-state index contributed by atoms with van der Waals surface area (Å²) in [5.41, 5.74) is -0.473. The molecule has 1 aliphatic carbocycles. The third kappa shape index (κ3) is 2.72. The van der Waals surface area contributed by atoms with Crippen LogP contribution in [0, 0.1) is 0 Å². The van der Waals surface area contributed by atoms with Gasteiger partial charge in [-0.25, -0.2) is 4.79 Å². The molecule has 0 aromatic carbocycles. The van der Waals surface area contributed by atoms with Crippen molar-refractivity contribution in [2.24, 2.45) is 0 Å². The van der Waals surface area contributed by atoms with Crippen molar-refractivity contribution in [1.29, 1.82) is 0 Å². The van der Waals surface area contributed by atoms with Crippen molar-refractivity contribution in [3.63, 3.8) is 0 Å². The van der Waals surface area contributed by atoms with Crippen molar-refractivity contribution in [2.45, 2.75) is 45.3 Å². The van der Waals surface area contributed by atoms with Gasteiger partial charge in [-0.2, -0.15) is 0 Å². The Hall–Kier alpha value is -1.06. The second kappa shape index (κ2) is 3.59. The van der Waals surface area contributed by atoms with Gasteiger partial charge in [-0.3, -0.25) is 4.79 Å². The van der Waals surface area contributed by atoms with Crippen molar-refractivity contribution in [3.8, 4) is 0 Å². The van der Waals surface area contributed by atoms with Crippen LogP contribution >= 0.6 is 0 Å². The Bertz CT molecular complexity index is 247. The second-order valence-corrected chi connectivity index (χ2v) is 4.69. The van der Waals surface area contributed by atoms with Crippen LogP contribution in [0.25, 0.3) is 0 Å². The first-order valence-electron chi connectivity index (χ1n) is 4.77. The van der Waals surface area contributed by atoms with E-state index in [1.54, 1.807) is 7.05 Å². The molecular formula is C10H17NO3. The summed E-state index contributed by atoms with van der Waals surface area (Å²) < 4.78 is 5.17. The van der Waals surface area contributed by atoms with Crippen LogP contribution in [0.5, 0.6) is 0 Å². The molecule has 1 aliphatic rings. The summed E-state index contributed by atoms with van der Waals surface area (Å²) in [5.74, 6) is 0.213. The van der Waals surface area contributed by atoms with E-state index in [4.69, 9.17) is 4.74 Å². The number of Topliss-reactive ketones (excluding diaryl/α,β-unsaturated/α-hetero) is 1. The maximum absolute atomic E-state index is 11.5. The molecule has 0 radical (unpaired) electrons. The minimum absolute atomic E-state index is 0.0392. The first kappa shape index (κ1) is 11.0. The van der Waals surface area contributed by atoms with Crippen LogP contribution in [0.2, 0.25) is 0 Å². The van der Waals surface area contributed by atoms with Crippen LogP contribution in [-0.2, 0) is 9.53 Å². The zero-order valence-corrected chi connectivity index (χ0v) is 9.16. The molecule has 0 unspecified atom stereocenters. The molecule has 4 heteroatoms. The highest BCUT2D eigenvalue weighted by atomic mass is 16.6. The monoisotopic (exact) mass is 199 g/mol. The molecular weight excluding hydrogens is 182 g/mol. The Morgan fingerprint density at radius 1 is 1.43 bits per heavy atom. The van der Waals surface area contributed by atoms with Gasteiger partial charge in [-0.05, 0) is 20.8 Å². The van der Waals surface area contributed by atoms with E-state index in [2.05, 4.69) is 0 Å². The summed E-state index contributed by atoms with van der Waals surface area (Å²) in [6.45, 7) is 5.47. The van der Waals surface area contributed by atoms with Gasteiger partial charge in [0.15, 0.2) is 0 Å². The van der Waals surface area contributed by atoms with Crippen molar-refractivity contribution >= 4 is 11.9 Å². The Morgan fingerprint density at radius 2 is 1.93 bits per heavy atom. The van der Waals surface area contributed by atoms with Gasteiger partial charge < -0.3 is 9.64 Å². The van der Waals surface area contributed by atoms with Gasteiger partial charge in [-0.1, -0.05) is 0 Å². The van der Waals surface area contributed by atoms with Crippen molar-refractivity contribution in [1.82, 2.24) is 4.90 Å². The Morgan fingerprint density at radius 3 is 2.29 bits per heavy atom. The number of carbonyl (C=O) groups is 2. The van der Waals surface area contributed by atoms with E-state index in [1.807, 2.05) is 20.8 Å². The Kier molecular flexibility index (Phi) is 2.83. The average Bonchev–Trinajstić information content (AvgIpc) is 1.94. The first-order valence-corrected chi connectivity index (χ1v) is 4.77. The van der Waals surface area contributed by atoms with E-state index in [-0.39, 0.29) is 17.9 Å². The third-order valence-corrected chi connectivity index (χ3v) is 2.16. The molecule has 4 nitrogen and oxygen atoms in total. The smallest absolute Gasteiger partial charge is 0.410 e. The zero-order chi connectivity index (χ0) is 10.9. The molecule has 0 spiro atoms. The fourth-order valence-electron chi connectivity index (χ4n) is 1.22. The highest BCUT2D eigenvalue weighted by Crippen LogP contribution is 2.21. The minimum Gasteiger partial charge on any atom is -0.444 e. The number of hydrogen-bond donors (Lipinski definition) is 0. The SMILES string of the molecule is CN(C(=O)OC(C)(C)C)C1CC(=O)C1. The molecule has 0 heterocycles. The molecule has 80 valence electrons. The standard InChI is InChI=1S/C10H17NO3/c1-10(2,3)14-9(13)11(4)7-5-8(12)6-7/h7H,5-6H2,1-4H3. The molecule has 1 saturated carbocycles. The number of ether oxygens (including phenoxy) is 1. The van der Waals surface area contributed by atoms with E-state index in [9.17, 15) is 9.59 Å². The summed E-state index contributed by atoms with van der Waals surface area (Å²) in [6, 6.07) is 0.0392. The lowest BCUT2D eigenvalue weighted by Gasteiger charge is -2.34. The molecule has 0 bridgehead atoms. The van der Waals surface area contributed by atoms with Gasteiger partial charge in [0.05, 0.1) is 0 Å². The lowest BCUT2D eigenvalue weighted by molar-refractivity contribution is -0.127. The zero-order valence-electron chi connectivity index (χ0n) is 9.16. The summed E-state index contributed by atoms with van der Waals surface area (Å²) in [6.07, 6.45) is 0.584. The molecule has 0 saturated heterocycles. The van der Waals surface area contributed by atoms with E-state index >= 15 is 0 Å². The highest BCUT2D eigenvalue weighted by molar-refractivity contribution is 5.87. The van der Waals surface area contributed by atoms with Crippen molar-refractivity contribution in [2.75, 3.05) is 7.05 Å². The number of amides is 1. The maximum atomic E-state index is 11.5. The van der Waals surface area contributed by atoms with E-state index in [1.165, 1.54) is 4.90 Å². The summed E-state index contributed by atoms with van der Waals surface area (Å²) in [5, 5.41) is 0. The van der Waals surface area contributed by atoms with Gasteiger partial charge in [0.2, 0.25) is 0 Å². The number of carbonyl (C=O) groups excluding carboxylic acids is 2. The van der Waals surface area contributed by atoms with Crippen LogP contribution in [-0.4, -0.2) is 35.5 Å². The van der Waals surface area contributed by atoms with Crippen LogP contribution in [0.3, 0.4) is 0 Å². The van der Waals surface area contributed by atoms with Gasteiger partial charge >= 0.3 is 6.09 Å². The van der Waals surface area contributed by atoms with Crippen LogP contribution < -0.4 is 0 Å². The number of hydrogen-bond acceptors (Lipinski definition) is 3. The third-order valence-electron chi connectivity index (χ3n) is 2.16. The van der Waals surface area contributed by atoms with Gasteiger partial charge in [0.1, 0.15) is 11.4 Å².